The molecule has 2 aliphatic heterocycles. The number of aliphatic hydroxyl groups is 1. The van der Waals surface area contributed by atoms with Crippen molar-refractivity contribution in [2.45, 2.75) is 114 Å². The van der Waals surface area contributed by atoms with E-state index in [1.807, 2.05) is 19.1 Å². The van der Waals surface area contributed by atoms with Crippen molar-refractivity contribution in [2.24, 2.45) is 11.3 Å². The van der Waals surface area contributed by atoms with Crippen LogP contribution in [-0.2, 0) is 16.6 Å². The van der Waals surface area contributed by atoms with E-state index in [-0.39, 0.29) is 34.4 Å². The Hall–Kier alpha value is -6.53. The highest BCUT2D eigenvalue weighted by Gasteiger charge is 2.55. The maximum Gasteiger partial charge on any atom is 0.293 e. The number of carbonyl (C=O) groups excluding carboxylic acids is 1. The highest BCUT2D eigenvalue weighted by atomic mass is 32.2. The molecule has 2 saturated carbocycles. The number of nitrogens with one attached hydrogen (secondary N) is 3. The first-order chi connectivity index (χ1) is 35.9. The van der Waals surface area contributed by atoms with Gasteiger partial charge in [-0.1, -0.05) is 64.1 Å². The molecule has 4 N–H and O–H groups in total. The number of pyridine rings is 1. The summed E-state index contributed by atoms with van der Waals surface area (Å²) in [4.78, 5) is 40.5. The number of aromatic amines is 1. The summed E-state index contributed by atoms with van der Waals surface area (Å²) in [5, 5.41) is 26.5. The number of nitro benzene ring substituents is 1. The molecule has 75 heavy (non-hydrogen) atoms. The lowest BCUT2D eigenvalue weighted by Gasteiger charge is -2.63. The first kappa shape index (κ1) is 51.9. The van der Waals surface area contributed by atoms with Crippen molar-refractivity contribution < 1.29 is 32.7 Å². The number of methoxy groups -OCH3 is 1. The Bertz CT molecular complexity index is 3190. The summed E-state index contributed by atoms with van der Waals surface area (Å²) in [7, 11) is -2.83. The van der Waals surface area contributed by atoms with E-state index in [0.717, 1.165) is 87.8 Å². The highest BCUT2D eigenvalue weighted by Crippen LogP contribution is 2.54. The molecule has 1 amide bonds. The Morgan fingerprint density at radius 2 is 1.69 bits per heavy atom. The topological polar surface area (TPSA) is 195 Å². The van der Waals surface area contributed by atoms with E-state index < -0.39 is 37.0 Å². The summed E-state index contributed by atoms with van der Waals surface area (Å²) in [6.07, 6.45) is 8.23. The summed E-state index contributed by atoms with van der Waals surface area (Å²) in [5.74, 6) is 1.46. The van der Waals surface area contributed by atoms with Crippen LogP contribution in [0, 0.1) is 21.4 Å². The Kier molecular flexibility index (Phi) is 14.5. The Morgan fingerprint density at radius 1 is 0.933 bits per heavy atom. The normalized spacial score (nSPS) is 21.3. The standard InChI is InChI=1S/C58H70N8O8S/c1-37(2)46-9-7-8-10-48(46)52-34-63(33-40-11-14-47(38(3)4)53(25-40)73-6)23-24-65(52)43-29-58(30-43)35-64(36-58)42-12-15-49(54(27-42)74-44-26-41-19-22-59-55(41)61-32-44)56(67)62-75(71,72)45-13-16-50(51(28-45)66(69)70)60-31-39-17-20-57(5,68)21-18-39/h7-16,19,22,25-28,32,37-39,43,52,60,68H,17-18,20-21,23-24,29-31,33-36H2,1-6H3,(H,59,61)(H,62,67)/t39?,52-,57?/m0/s1. The number of hydrogen-bond donors (Lipinski definition) is 4. The van der Waals surface area contributed by atoms with Gasteiger partial charge in [-0.25, -0.2) is 18.1 Å². The van der Waals surface area contributed by atoms with Gasteiger partial charge < -0.3 is 29.8 Å². The van der Waals surface area contributed by atoms with Gasteiger partial charge in [-0.2, -0.15) is 0 Å². The molecule has 396 valence electrons. The summed E-state index contributed by atoms with van der Waals surface area (Å²) in [5.41, 5.74) is 5.91. The largest absolute Gasteiger partial charge is 0.496 e. The molecule has 17 heteroatoms. The molecule has 4 fully saturated rings. The van der Waals surface area contributed by atoms with Gasteiger partial charge in [-0.15, -0.1) is 0 Å². The molecule has 2 saturated heterocycles. The Labute approximate surface area is 440 Å². The van der Waals surface area contributed by atoms with Gasteiger partial charge in [0.2, 0.25) is 0 Å². The number of anilines is 2. The third kappa shape index (κ3) is 11.1. The van der Waals surface area contributed by atoms with Gasteiger partial charge in [-0.05, 0) is 128 Å². The third-order valence-electron chi connectivity index (χ3n) is 16.3. The van der Waals surface area contributed by atoms with Crippen LogP contribution in [0.4, 0.5) is 17.1 Å². The molecular weight excluding hydrogens is 969 g/mol. The van der Waals surface area contributed by atoms with E-state index in [9.17, 15) is 28.4 Å². The lowest BCUT2D eigenvalue weighted by Crippen LogP contribution is -2.68. The predicted molar refractivity (Wildman–Crippen MR) is 291 cm³/mol. The lowest BCUT2D eigenvalue weighted by molar-refractivity contribution is -0.384. The molecule has 2 aliphatic carbocycles. The predicted octanol–water partition coefficient (Wildman–Crippen LogP) is 10.5. The summed E-state index contributed by atoms with van der Waals surface area (Å²) < 4.78 is 42.1. The van der Waals surface area contributed by atoms with Crippen molar-refractivity contribution in [3.05, 3.63) is 141 Å². The molecule has 10 rings (SSSR count). The van der Waals surface area contributed by atoms with Crippen molar-refractivity contribution in [3.63, 3.8) is 0 Å². The molecule has 2 aromatic heterocycles. The number of sulfonamides is 1. The summed E-state index contributed by atoms with van der Waals surface area (Å²) in [6.45, 7) is 16.6. The van der Waals surface area contributed by atoms with Crippen LogP contribution in [0.15, 0.2) is 108 Å². The molecule has 0 unspecified atom stereocenters. The van der Waals surface area contributed by atoms with Crippen LogP contribution >= 0.6 is 0 Å². The zero-order chi connectivity index (χ0) is 52.8. The summed E-state index contributed by atoms with van der Waals surface area (Å²) in [6, 6.07) is 28.7. The molecule has 0 radical (unpaired) electrons. The SMILES string of the molecule is COc1cc(CN2CCN(C3CC4(C3)CN(c3ccc(C(=O)NS(=O)(=O)c5ccc(NCC6CCC(C)(O)CC6)c([N+](=O)[O-])c5)c(Oc5cnc6[nH]ccc6c5)c3)C4)[C@H](c3ccccc3C(C)C)C2)ccc1C(C)C. The van der Waals surface area contributed by atoms with Crippen molar-refractivity contribution in [1.82, 2.24) is 24.5 Å². The van der Waals surface area contributed by atoms with Crippen LogP contribution in [0.3, 0.4) is 0 Å². The van der Waals surface area contributed by atoms with E-state index in [1.54, 1.807) is 31.5 Å². The van der Waals surface area contributed by atoms with E-state index in [1.165, 1.54) is 40.6 Å². The second kappa shape index (κ2) is 20.9. The number of hydrogen-bond acceptors (Lipinski definition) is 13. The third-order valence-corrected chi connectivity index (χ3v) is 17.6. The molecule has 1 spiro atoms. The number of carbonyl (C=O) groups is 1. The minimum absolute atomic E-state index is 0.0340. The van der Waals surface area contributed by atoms with Crippen LogP contribution in [0.25, 0.3) is 11.0 Å². The number of benzene rings is 4. The van der Waals surface area contributed by atoms with Gasteiger partial charge in [0.05, 0.1) is 34.3 Å². The first-order valence-corrected chi connectivity index (χ1v) is 27.9. The average Bonchev–Trinajstić information content (AvgIpc) is 3.84. The number of nitrogens with zero attached hydrogens (tertiary/aromatic N) is 5. The number of ether oxygens (including phenoxy) is 2. The quantitative estimate of drug-likeness (QED) is 0.0498. The molecule has 16 nitrogen and oxygen atoms in total. The Morgan fingerprint density at radius 3 is 2.43 bits per heavy atom. The molecule has 1 atom stereocenters. The molecule has 6 aromatic rings. The molecule has 4 aromatic carbocycles. The van der Waals surface area contributed by atoms with Crippen LogP contribution in [0.1, 0.15) is 124 Å². The van der Waals surface area contributed by atoms with Crippen molar-refractivity contribution in [3.8, 4) is 17.2 Å². The zero-order valence-electron chi connectivity index (χ0n) is 43.8. The fraction of sp³-hybridized carbons (Fsp3) is 0.448. The number of rotatable bonds is 17. The van der Waals surface area contributed by atoms with Gasteiger partial charge in [0.25, 0.3) is 21.6 Å². The molecule has 4 aliphatic rings. The van der Waals surface area contributed by atoms with Crippen molar-refractivity contribution >= 4 is 44.0 Å². The van der Waals surface area contributed by atoms with Crippen LogP contribution < -0.4 is 24.4 Å². The molecular formula is C58H70N8O8S. The van der Waals surface area contributed by atoms with E-state index in [0.29, 0.717) is 48.7 Å². The van der Waals surface area contributed by atoms with Crippen LogP contribution in [-0.4, -0.2) is 102 Å². The van der Waals surface area contributed by atoms with E-state index in [2.05, 4.69) is 105 Å². The smallest absolute Gasteiger partial charge is 0.293 e. The maximum atomic E-state index is 14.1. The van der Waals surface area contributed by atoms with Gasteiger partial charge in [0.1, 0.15) is 28.6 Å². The number of H-pyrrole nitrogens is 1. The number of fused-ring (bicyclic) bond motifs is 1. The molecule has 0 bridgehead atoms. The summed E-state index contributed by atoms with van der Waals surface area (Å²) >= 11 is 0. The van der Waals surface area contributed by atoms with E-state index >= 15 is 0 Å². The average molecular weight is 1040 g/mol. The van der Waals surface area contributed by atoms with Crippen LogP contribution in [0.5, 0.6) is 17.2 Å². The minimum atomic E-state index is -4.59. The minimum Gasteiger partial charge on any atom is -0.496 e. The lowest BCUT2D eigenvalue weighted by atomic mass is 9.59. The van der Waals surface area contributed by atoms with Gasteiger partial charge >= 0.3 is 0 Å². The van der Waals surface area contributed by atoms with Gasteiger partial charge in [0.15, 0.2) is 0 Å². The van der Waals surface area contributed by atoms with Gasteiger partial charge in [0, 0.05) is 92.7 Å². The number of aromatic nitrogens is 2. The van der Waals surface area contributed by atoms with Crippen molar-refractivity contribution in [2.75, 3.05) is 56.6 Å². The van der Waals surface area contributed by atoms with Crippen LogP contribution in [0.2, 0.25) is 0 Å². The molecule has 4 heterocycles. The van der Waals surface area contributed by atoms with Crippen molar-refractivity contribution in [1.29, 1.82) is 0 Å². The Balaban J connectivity index is 0.840. The zero-order valence-corrected chi connectivity index (χ0v) is 44.7. The monoisotopic (exact) mass is 1040 g/mol. The van der Waals surface area contributed by atoms with E-state index in [4.69, 9.17) is 9.47 Å². The number of nitro groups is 1. The fourth-order valence-corrected chi connectivity index (χ4v) is 13.1. The maximum absolute atomic E-state index is 14.1. The van der Waals surface area contributed by atoms with Gasteiger partial charge in [-0.3, -0.25) is 24.7 Å². The second-order valence-electron chi connectivity index (χ2n) is 22.5. The fourth-order valence-electron chi connectivity index (χ4n) is 12.1. The second-order valence-corrected chi connectivity index (χ2v) is 24.2. The number of piperazine rings is 1. The highest BCUT2D eigenvalue weighted by molar-refractivity contribution is 7.90. The number of amides is 1. The first-order valence-electron chi connectivity index (χ1n) is 26.4.